The van der Waals surface area contributed by atoms with Gasteiger partial charge in [-0.3, -0.25) is 0 Å². The summed E-state index contributed by atoms with van der Waals surface area (Å²) in [5.74, 6) is -0.186. The third kappa shape index (κ3) is 2.08. The summed E-state index contributed by atoms with van der Waals surface area (Å²) in [5, 5.41) is 2.60. The fourth-order valence-electron chi connectivity index (χ4n) is 1.89. The molecule has 2 amide bonds. The summed E-state index contributed by atoms with van der Waals surface area (Å²) in [5.41, 5.74) is 5.73. The molecule has 5 heteroatoms. The highest BCUT2D eigenvalue weighted by atomic mass is 19.1. The number of benzene rings is 1. The van der Waals surface area contributed by atoms with Gasteiger partial charge >= 0.3 is 6.03 Å². The number of rotatable bonds is 1. The number of para-hydroxylation sites is 1. The van der Waals surface area contributed by atoms with E-state index in [0.29, 0.717) is 18.6 Å². The Morgan fingerprint density at radius 2 is 2.38 bits per heavy atom. The average Bonchev–Trinajstić information content (AvgIpc) is 2.42. The Hall–Kier alpha value is -1.78. The molecule has 1 aromatic carbocycles. The number of ether oxygens (including phenoxy) is 1. The van der Waals surface area contributed by atoms with Gasteiger partial charge in [0.25, 0.3) is 0 Å². The van der Waals surface area contributed by atoms with E-state index < -0.39 is 11.8 Å². The SMILES string of the molecule is NC(=O)NC1CCCOc2c(F)cccc21. The van der Waals surface area contributed by atoms with Gasteiger partial charge in [0.15, 0.2) is 11.6 Å². The molecule has 0 aromatic heterocycles. The van der Waals surface area contributed by atoms with Crippen LogP contribution in [0.25, 0.3) is 0 Å². The minimum Gasteiger partial charge on any atom is -0.490 e. The van der Waals surface area contributed by atoms with Gasteiger partial charge in [0, 0.05) is 5.56 Å². The molecule has 0 bridgehead atoms. The zero-order chi connectivity index (χ0) is 11.5. The number of nitrogens with one attached hydrogen (secondary N) is 1. The van der Waals surface area contributed by atoms with Gasteiger partial charge in [0.1, 0.15) is 0 Å². The highest BCUT2D eigenvalue weighted by Crippen LogP contribution is 2.33. The van der Waals surface area contributed by atoms with E-state index in [2.05, 4.69) is 5.32 Å². The van der Waals surface area contributed by atoms with Gasteiger partial charge in [0.05, 0.1) is 12.6 Å². The van der Waals surface area contributed by atoms with Crippen molar-refractivity contribution >= 4 is 6.03 Å². The van der Waals surface area contributed by atoms with Crippen molar-refractivity contribution in [3.8, 4) is 5.75 Å². The van der Waals surface area contributed by atoms with Crippen molar-refractivity contribution in [2.75, 3.05) is 6.61 Å². The summed E-state index contributed by atoms with van der Waals surface area (Å²) in [6, 6.07) is 3.79. The van der Waals surface area contributed by atoms with Crippen LogP contribution < -0.4 is 15.8 Å². The third-order valence-electron chi connectivity index (χ3n) is 2.57. The van der Waals surface area contributed by atoms with Gasteiger partial charge in [-0.25, -0.2) is 9.18 Å². The number of fused-ring (bicyclic) bond motifs is 1. The first kappa shape index (κ1) is 10.7. The maximum atomic E-state index is 13.5. The minimum absolute atomic E-state index is 0.221. The van der Waals surface area contributed by atoms with Crippen LogP contribution in [0.3, 0.4) is 0 Å². The maximum Gasteiger partial charge on any atom is 0.312 e. The zero-order valence-electron chi connectivity index (χ0n) is 8.70. The van der Waals surface area contributed by atoms with E-state index in [1.165, 1.54) is 6.07 Å². The summed E-state index contributed by atoms with van der Waals surface area (Å²) in [7, 11) is 0. The van der Waals surface area contributed by atoms with Crippen LogP contribution in [0.4, 0.5) is 9.18 Å². The first-order valence-corrected chi connectivity index (χ1v) is 5.15. The van der Waals surface area contributed by atoms with Crippen molar-refractivity contribution in [3.05, 3.63) is 29.6 Å². The lowest BCUT2D eigenvalue weighted by Gasteiger charge is -2.17. The molecule has 1 aliphatic rings. The van der Waals surface area contributed by atoms with Crippen LogP contribution in [0.2, 0.25) is 0 Å². The maximum absolute atomic E-state index is 13.5. The molecule has 1 aromatic rings. The Bertz CT molecular complexity index is 409. The molecule has 0 spiro atoms. The van der Waals surface area contributed by atoms with Gasteiger partial charge in [-0.2, -0.15) is 0 Å². The molecule has 3 N–H and O–H groups in total. The summed E-state index contributed by atoms with van der Waals surface area (Å²) in [6.45, 7) is 0.449. The van der Waals surface area contributed by atoms with Crippen LogP contribution in [-0.2, 0) is 0 Å². The standard InChI is InChI=1S/C11H13FN2O2/c12-8-4-1-3-7-9(14-11(13)15)5-2-6-16-10(7)8/h1,3-4,9H,2,5-6H2,(H3,13,14,15). The second-order valence-electron chi connectivity index (χ2n) is 3.71. The van der Waals surface area contributed by atoms with Gasteiger partial charge in [-0.15, -0.1) is 0 Å². The average molecular weight is 224 g/mol. The van der Waals surface area contributed by atoms with Crippen LogP contribution >= 0.6 is 0 Å². The van der Waals surface area contributed by atoms with Crippen LogP contribution in [0.5, 0.6) is 5.75 Å². The Labute approximate surface area is 92.6 Å². The van der Waals surface area contributed by atoms with E-state index in [4.69, 9.17) is 10.5 Å². The Morgan fingerprint density at radius 1 is 1.56 bits per heavy atom. The first-order chi connectivity index (χ1) is 7.68. The second kappa shape index (κ2) is 4.38. The Balaban J connectivity index is 2.36. The van der Waals surface area contributed by atoms with Crippen molar-refractivity contribution in [1.82, 2.24) is 5.32 Å². The van der Waals surface area contributed by atoms with E-state index in [0.717, 1.165) is 6.42 Å². The fourth-order valence-corrected chi connectivity index (χ4v) is 1.89. The molecule has 16 heavy (non-hydrogen) atoms. The quantitative estimate of drug-likeness (QED) is 0.762. The van der Waals surface area contributed by atoms with Gasteiger partial charge in [0.2, 0.25) is 0 Å². The summed E-state index contributed by atoms with van der Waals surface area (Å²) in [6.07, 6.45) is 1.44. The van der Waals surface area contributed by atoms with Crippen molar-refractivity contribution in [1.29, 1.82) is 0 Å². The molecule has 1 atom stereocenters. The number of urea groups is 1. The number of halogens is 1. The van der Waals surface area contributed by atoms with Crippen LogP contribution in [0, 0.1) is 5.82 Å². The number of hydrogen-bond acceptors (Lipinski definition) is 2. The predicted octanol–water partition coefficient (Wildman–Crippen LogP) is 1.71. The third-order valence-corrected chi connectivity index (χ3v) is 2.57. The van der Waals surface area contributed by atoms with Gasteiger partial charge < -0.3 is 15.8 Å². The molecule has 2 rings (SSSR count). The first-order valence-electron chi connectivity index (χ1n) is 5.15. The number of amides is 2. The summed E-state index contributed by atoms with van der Waals surface area (Å²) < 4.78 is 18.8. The number of nitrogens with two attached hydrogens (primary N) is 1. The highest BCUT2D eigenvalue weighted by molar-refractivity contribution is 5.72. The highest BCUT2D eigenvalue weighted by Gasteiger charge is 2.22. The van der Waals surface area contributed by atoms with E-state index in [-0.39, 0.29) is 11.8 Å². The molecule has 0 saturated heterocycles. The van der Waals surface area contributed by atoms with Crippen molar-refractivity contribution in [3.63, 3.8) is 0 Å². The normalized spacial score (nSPS) is 19.2. The van der Waals surface area contributed by atoms with Crippen molar-refractivity contribution in [2.45, 2.75) is 18.9 Å². The molecular formula is C11H13FN2O2. The molecular weight excluding hydrogens is 211 g/mol. The lowest BCUT2D eigenvalue weighted by atomic mass is 10.0. The minimum atomic E-state index is -0.609. The monoisotopic (exact) mass is 224 g/mol. The van der Waals surface area contributed by atoms with Crippen LogP contribution in [0.15, 0.2) is 18.2 Å². The molecule has 4 nitrogen and oxygen atoms in total. The zero-order valence-corrected chi connectivity index (χ0v) is 8.70. The van der Waals surface area contributed by atoms with Gasteiger partial charge in [-0.1, -0.05) is 12.1 Å². The molecule has 86 valence electrons. The van der Waals surface area contributed by atoms with Crippen molar-refractivity contribution in [2.24, 2.45) is 5.73 Å². The second-order valence-corrected chi connectivity index (χ2v) is 3.71. The number of primary amides is 1. The lowest BCUT2D eigenvalue weighted by Crippen LogP contribution is -2.33. The lowest BCUT2D eigenvalue weighted by molar-refractivity contribution is 0.244. The van der Waals surface area contributed by atoms with E-state index in [9.17, 15) is 9.18 Å². The van der Waals surface area contributed by atoms with E-state index in [1.807, 2.05) is 0 Å². The largest absolute Gasteiger partial charge is 0.490 e. The molecule has 0 aliphatic carbocycles. The number of carbonyl (C=O) groups excluding carboxylic acids is 1. The smallest absolute Gasteiger partial charge is 0.312 e. The Morgan fingerprint density at radius 3 is 3.12 bits per heavy atom. The summed E-state index contributed by atoms with van der Waals surface area (Å²) >= 11 is 0. The van der Waals surface area contributed by atoms with Crippen LogP contribution in [0.1, 0.15) is 24.4 Å². The van der Waals surface area contributed by atoms with E-state index in [1.54, 1.807) is 12.1 Å². The molecule has 1 aliphatic heterocycles. The van der Waals surface area contributed by atoms with E-state index >= 15 is 0 Å². The van der Waals surface area contributed by atoms with Crippen LogP contribution in [-0.4, -0.2) is 12.6 Å². The van der Waals surface area contributed by atoms with Gasteiger partial charge in [-0.05, 0) is 18.9 Å². The molecule has 0 fully saturated rings. The molecule has 1 heterocycles. The predicted molar refractivity (Wildman–Crippen MR) is 56.6 cm³/mol. The molecule has 0 saturated carbocycles. The Kier molecular flexibility index (Phi) is 2.94. The summed E-state index contributed by atoms with van der Waals surface area (Å²) in [4.78, 5) is 10.9. The fraction of sp³-hybridized carbons (Fsp3) is 0.364. The molecule has 1 unspecified atom stereocenters. The number of hydrogen-bond donors (Lipinski definition) is 2. The molecule has 0 radical (unpaired) electrons. The topological polar surface area (TPSA) is 64.4 Å². The number of carbonyl (C=O) groups is 1. The van der Waals surface area contributed by atoms with Crippen molar-refractivity contribution < 1.29 is 13.9 Å².